The zero-order chi connectivity index (χ0) is 22.6. The van der Waals surface area contributed by atoms with Gasteiger partial charge in [-0.15, -0.1) is 0 Å². The molecule has 0 saturated carbocycles. The molecule has 0 bridgehead atoms. The van der Waals surface area contributed by atoms with Crippen LogP contribution in [0, 0.1) is 6.92 Å². The summed E-state index contributed by atoms with van der Waals surface area (Å²) in [5.74, 6) is -0.159. The third-order valence-corrected chi connectivity index (χ3v) is 5.69. The number of hydrogen-bond acceptors (Lipinski definition) is 7. The Balaban J connectivity index is 1.41. The second-order valence-corrected chi connectivity index (χ2v) is 7.94. The topological polar surface area (TPSA) is 109 Å². The molecule has 0 atom stereocenters. The van der Waals surface area contributed by atoms with E-state index in [9.17, 15) is 4.79 Å². The van der Waals surface area contributed by atoms with Crippen molar-refractivity contribution in [3.05, 3.63) is 60.0 Å². The number of hydrogen-bond donors (Lipinski definition) is 2. The van der Waals surface area contributed by atoms with Gasteiger partial charge in [0.2, 0.25) is 0 Å². The Hall–Kier alpha value is -3.69. The predicted molar refractivity (Wildman–Crippen MR) is 125 cm³/mol. The van der Waals surface area contributed by atoms with Gasteiger partial charge in [-0.2, -0.15) is 5.10 Å². The van der Waals surface area contributed by atoms with E-state index in [4.69, 9.17) is 9.72 Å². The van der Waals surface area contributed by atoms with Gasteiger partial charge in [0.15, 0.2) is 0 Å². The van der Waals surface area contributed by atoms with Crippen molar-refractivity contribution in [2.75, 3.05) is 39.4 Å². The largest absolute Gasteiger partial charge is 0.379 e. The molecule has 5 rings (SSSR count). The summed E-state index contributed by atoms with van der Waals surface area (Å²) in [4.78, 5) is 29.0. The number of morpholine rings is 1. The number of amides is 1. The van der Waals surface area contributed by atoms with Gasteiger partial charge in [-0.3, -0.25) is 24.8 Å². The van der Waals surface area contributed by atoms with Crippen LogP contribution < -0.4 is 5.32 Å². The van der Waals surface area contributed by atoms with Crippen molar-refractivity contribution in [3.63, 3.8) is 0 Å². The molecular weight excluding hydrogens is 418 g/mol. The summed E-state index contributed by atoms with van der Waals surface area (Å²) in [6.07, 6.45) is 3.44. The molecule has 2 N–H and O–H groups in total. The van der Waals surface area contributed by atoms with E-state index >= 15 is 0 Å². The lowest BCUT2D eigenvalue weighted by Crippen LogP contribution is -2.41. The van der Waals surface area contributed by atoms with Crippen molar-refractivity contribution in [1.29, 1.82) is 0 Å². The van der Waals surface area contributed by atoms with Crippen molar-refractivity contribution in [1.82, 2.24) is 35.4 Å². The number of pyridine rings is 3. The number of ether oxygens (including phenoxy) is 1. The number of aromatic nitrogens is 5. The van der Waals surface area contributed by atoms with Gasteiger partial charge in [-0.25, -0.2) is 4.98 Å². The minimum absolute atomic E-state index is 0.159. The zero-order valence-electron chi connectivity index (χ0n) is 18.4. The van der Waals surface area contributed by atoms with Crippen LogP contribution in [0.1, 0.15) is 16.1 Å². The van der Waals surface area contributed by atoms with Gasteiger partial charge in [-0.05, 0) is 37.3 Å². The number of nitrogens with zero attached hydrogens (tertiary/aromatic N) is 5. The van der Waals surface area contributed by atoms with Crippen LogP contribution in [0.3, 0.4) is 0 Å². The first-order chi connectivity index (χ1) is 16.2. The molecular formula is C24H25N7O2. The Morgan fingerprint density at radius 3 is 2.85 bits per heavy atom. The fourth-order valence-corrected chi connectivity index (χ4v) is 3.96. The van der Waals surface area contributed by atoms with Gasteiger partial charge < -0.3 is 10.1 Å². The molecule has 9 nitrogen and oxygen atoms in total. The Morgan fingerprint density at radius 1 is 1.12 bits per heavy atom. The van der Waals surface area contributed by atoms with Gasteiger partial charge in [0, 0.05) is 49.8 Å². The summed E-state index contributed by atoms with van der Waals surface area (Å²) in [7, 11) is 0. The van der Waals surface area contributed by atoms with Crippen LogP contribution in [0.15, 0.2) is 48.8 Å². The highest BCUT2D eigenvalue weighted by atomic mass is 16.5. The lowest BCUT2D eigenvalue weighted by atomic mass is 10.1. The van der Waals surface area contributed by atoms with E-state index in [-0.39, 0.29) is 5.91 Å². The molecule has 9 heteroatoms. The van der Waals surface area contributed by atoms with E-state index in [1.807, 2.05) is 37.3 Å². The van der Waals surface area contributed by atoms with Crippen molar-refractivity contribution in [2.24, 2.45) is 0 Å². The summed E-state index contributed by atoms with van der Waals surface area (Å²) in [6, 6.07) is 11.3. The van der Waals surface area contributed by atoms with E-state index < -0.39 is 0 Å². The molecule has 5 heterocycles. The van der Waals surface area contributed by atoms with Gasteiger partial charge in [0.1, 0.15) is 11.2 Å². The summed E-state index contributed by atoms with van der Waals surface area (Å²) < 4.78 is 5.37. The monoisotopic (exact) mass is 443 g/mol. The Labute approximate surface area is 191 Å². The Morgan fingerprint density at radius 2 is 2.00 bits per heavy atom. The molecule has 0 spiro atoms. The highest BCUT2D eigenvalue weighted by Crippen LogP contribution is 2.29. The molecule has 4 aromatic rings. The summed E-state index contributed by atoms with van der Waals surface area (Å²) in [6.45, 7) is 6.56. The fourth-order valence-electron chi connectivity index (χ4n) is 3.96. The van der Waals surface area contributed by atoms with E-state index in [1.165, 1.54) is 0 Å². The quantitative estimate of drug-likeness (QED) is 0.471. The summed E-state index contributed by atoms with van der Waals surface area (Å²) in [5.41, 5.74) is 5.63. The van der Waals surface area contributed by atoms with E-state index in [0.717, 1.165) is 49.8 Å². The van der Waals surface area contributed by atoms with Gasteiger partial charge in [-0.1, -0.05) is 6.07 Å². The summed E-state index contributed by atoms with van der Waals surface area (Å²) >= 11 is 0. The van der Waals surface area contributed by atoms with Gasteiger partial charge in [0.05, 0.1) is 35.7 Å². The lowest BCUT2D eigenvalue weighted by Gasteiger charge is -2.26. The first-order valence-electron chi connectivity index (χ1n) is 11.0. The molecule has 1 aliphatic heterocycles. The Kier molecular flexibility index (Phi) is 6.05. The standard InChI is InChI=1S/C24H25N7O2/c1-16-3-2-4-21(28-16)23-18(15-27-30-23)19-5-6-20-22(29-19)17(7-8-25-20)24(32)26-9-10-31-11-13-33-14-12-31/h2-8,15H,9-14H2,1H3,(H,26,32)(H,27,30). The second kappa shape index (κ2) is 9.43. The maximum atomic E-state index is 13.0. The number of rotatable bonds is 6. The number of fused-ring (bicyclic) bond motifs is 1. The number of H-pyrrole nitrogens is 1. The van der Waals surface area contributed by atoms with Crippen LogP contribution in [0.2, 0.25) is 0 Å². The van der Waals surface area contributed by atoms with Crippen LogP contribution >= 0.6 is 0 Å². The smallest absolute Gasteiger partial charge is 0.253 e. The van der Waals surface area contributed by atoms with E-state index in [0.29, 0.717) is 34.5 Å². The van der Waals surface area contributed by atoms with Crippen LogP contribution in [-0.2, 0) is 4.74 Å². The number of carbonyl (C=O) groups excluding carboxylic acids is 1. The predicted octanol–water partition coefficient (Wildman–Crippen LogP) is 2.45. The maximum absolute atomic E-state index is 13.0. The molecule has 0 aromatic carbocycles. The van der Waals surface area contributed by atoms with Gasteiger partial charge in [0.25, 0.3) is 5.91 Å². The molecule has 0 aliphatic carbocycles. The summed E-state index contributed by atoms with van der Waals surface area (Å²) in [5, 5.41) is 10.3. The lowest BCUT2D eigenvalue weighted by molar-refractivity contribution is 0.0383. The van der Waals surface area contributed by atoms with Crippen LogP contribution in [0.25, 0.3) is 33.7 Å². The average Bonchev–Trinajstić information content (AvgIpc) is 3.34. The van der Waals surface area contributed by atoms with Crippen molar-refractivity contribution in [2.45, 2.75) is 6.92 Å². The third kappa shape index (κ3) is 4.59. The van der Waals surface area contributed by atoms with Crippen molar-refractivity contribution in [3.8, 4) is 22.6 Å². The molecule has 0 unspecified atom stereocenters. The van der Waals surface area contributed by atoms with Crippen LogP contribution in [0.4, 0.5) is 0 Å². The first-order valence-corrected chi connectivity index (χ1v) is 11.0. The second-order valence-electron chi connectivity index (χ2n) is 7.94. The van der Waals surface area contributed by atoms with E-state index in [1.54, 1.807) is 18.5 Å². The minimum atomic E-state index is -0.159. The molecule has 1 amide bonds. The third-order valence-electron chi connectivity index (χ3n) is 5.69. The van der Waals surface area contributed by atoms with Crippen LogP contribution in [0.5, 0.6) is 0 Å². The number of nitrogens with one attached hydrogen (secondary N) is 2. The minimum Gasteiger partial charge on any atom is -0.379 e. The zero-order valence-corrected chi connectivity index (χ0v) is 18.4. The molecule has 33 heavy (non-hydrogen) atoms. The SMILES string of the molecule is Cc1cccc(-c2n[nH]cc2-c2ccc3nccc(C(=O)NCCN4CCOCC4)c3n2)n1. The fraction of sp³-hybridized carbons (Fsp3) is 0.292. The normalized spacial score (nSPS) is 14.5. The molecule has 0 radical (unpaired) electrons. The van der Waals surface area contributed by atoms with Gasteiger partial charge >= 0.3 is 0 Å². The average molecular weight is 444 g/mol. The maximum Gasteiger partial charge on any atom is 0.253 e. The van der Waals surface area contributed by atoms with Crippen LogP contribution in [-0.4, -0.2) is 75.3 Å². The van der Waals surface area contributed by atoms with Crippen molar-refractivity contribution < 1.29 is 9.53 Å². The number of aromatic amines is 1. The van der Waals surface area contributed by atoms with E-state index in [2.05, 4.69) is 30.4 Å². The highest BCUT2D eigenvalue weighted by Gasteiger charge is 2.17. The molecule has 168 valence electrons. The first kappa shape index (κ1) is 21.2. The molecule has 4 aromatic heterocycles. The molecule has 1 fully saturated rings. The van der Waals surface area contributed by atoms with Crippen molar-refractivity contribution >= 4 is 16.9 Å². The highest BCUT2D eigenvalue weighted by molar-refractivity contribution is 6.05. The Bertz CT molecular complexity index is 1280. The number of aryl methyl sites for hydroxylation is 1. The molecule has 1 aliphatic rings. The molecule has 1 saturated heterocycles. The number of carbonyl (C=O) groups is 1.